The Hall–Kier alpha value is -5.58. The highest BCUT2D eigenvalue weighted by Gasteiger charge is 2.45. The van der Waals surface area contributed by atoms with Gasteiger partial charge in [0.2, 0.25) is 17.8 Å². The molecule has 1 unspecified atom stereocenters. The molecule has 15 nitrogen and oxygen atoms in total. The number of likely N-dealkylation sites (tertiary alicyclic amines) is 1. The minimum atomic E-state index is -3.58. The van der Waals surface area contributed by atoms with Crippen molar-refractivity contribution in [2.24, 2.45) is 0 Å². The Morgan fingerprint density at radius 3 is 2.31 bits per heavy atom. The Bertz CT molecular complexity index is 2540. The molecular formula is C44H49ClN8O7S. The van der Waals surface area contributed by atoms with E-state index in [0.29, 0.717) is 29.1 Å². The van der Waals surface area contributed by atoms with Gasteiger partial charge in [-0.1, -0.05) is 23.7 Å². The van der Waals surface area contributed by atoms with Crippen LogP contribution in [0.4, 0.5) is 28.8 Å². The van der Waals surface area contributed by atoms with Crippen LogP contribution in [0.25, 0.3) is 0 Å². The number of nitrogens with zero attached hydrogens (tertiary/aromatic N) is 5. The molecule has 4 aliphatic rings. The third-order valence-corrected chi connectivity index (χ3v) is 14.4. The van der Waals surface area contributed by atoms with Crippen molar-refractivity contribution < 1.29 is 32.3 Å². The molecule has 0 bridgehead atoms. The van der Waals surface area contributed by atoms with Crippen LogP contribution in [0.2, 0.25) is 5.02 Å². The van der Waals surface area contributed by atoms with Crippen LogP contribution in [0.1, 0.15) is 91.1 Å². The first-order valence-electron chi connectivity index (χ1n) is 20.6. The summed E-state index contributed by atoms with van der Waals surface area (Å²) in [5.74, 6) is -0.523. The van der Waals surface area contributed by atoms with Crippen LogP contribution < -0.4 is 25.6 Å². The van der Waals surface area contributed by atoms with E-state index in [-0.39, 0.29) is 51.8 Å². The maximum atomic E-state index is 13.4. The summed E-state index contributed by atoms with van der Waals surface area (Å²) in [5, 5.41) is 8.28. The molecule has 320 valence electrons. The SMILES string of the molecule is Cc1cc(Nc2ncc(Cl)c(Nc3ccccc3S(=O)(=O)C(C)C)n2)c(OC(C)C)cc1C1CCN(C2CN(c3ccc4c(c3)C(=O)N(C3CCC(=O)NC3=O)C4=O)C2)CC1. The minimum Gasteiger partial charge on any atom is -0.489 e. The lowest BCUT2D eigenvalue weighted by atomic mass is 9.85. The first-order valence-corrected chi connectivity index (χ1v) is 22.6. The lowest BCUT2D eigenvalue weighted by molar-refractivity contribution is -0.136. The molecule has 3 N–H and O–H groups in total. The van der Waals surface area contributed by atoms with Crippen molar-refractivity contribution in [3.63, 3.8) is 0 Å². The van der Waals surface area contributed by atoms with Gasteiger partial charge in [0.05, 0.1) is 44.9 Å². The van der Waals surface area contributed by atoms with E-state index in [2.05, 4.69) is 54.8 Å². The fourth-order valence-electron chi connectivity index (χ4n) is 8.56. The number of aryl methyl sites for hydroxylation is 1. The van der Waals surface area contributed by atoms with Crippen molar-refractivity contribution in [3.8, 4) is 5.75 Å². The van der Waals surface area contributed by atoms with Gasteiger partial charge < -0.3 is 20.3 Å². The van der Waals surface area contributed by atoms with E-state index in [4.69, 9.17) is 16.3 Å². The second-order valence-electron chi connectivity index (χ2n) is 16.6. The van der Waals surface area contributed by atoms with Gasteiger partial charge in [0.25, 0.3) is 11.8 Å². The second-order valence-corrected chi connectivity index (χ2v) is 19.5. The number of carbonyl (C=O) groups is 4. The number of imide groups is 2. The molecule has 0 saturated carbocycles. The Morgan fingerprint density at radius 1 is 0.885 bits per heavy atom. The number of hydrogen-bond donors (Lipinski definition) is 3. The Kier molecular flexibility index (Phi) is 11.5. The molecule has 61 heavy (non-hydrogen) atoms. The van der Waals surface area contributed by atoms with Crippen molar-refractivity contribution in [1.29, 1.82) is 0 Å². The van der Waals surface area contributed by atoms with Crippen LogP contribution in [0.3, 0.4) is 0 Å². The molecule has 1 aromatic heterocycles. The lowest BCUT2D eigenvalue weighted by Gasteiger charge is -2.49. The van der Waals surface area contributed by atoms with Gasteiger partial charge in [0.1, 0.15) is 16.8 Å². The maximum Gasteiger partial charge on any atom is 0.262 e. The van der Waals surface area contributed by atoms with Crippen molar-refractivity contribution in [3.05, 3.63) is 88.1 Å². The number of carbonyl (C=O) groups excluding carboxylic acids is 4. The van der Waals surface area contributed by atoms with Gasteiger partial charge in [-0.3, -0.25) is 34.3 Å². The third-order valence-electron chi connectivity index (χ3n) is 11.9. The van der Waals surface area contributed by atoms with E-state index in [1.165, 1.54) is 11.8 Å². The van der Waals surface area contributed by atoms with Crippen molar-refractivity contribution in [1.82, 2.24) is 25.1 Å². The number of ether oxygens (including phenoxy) is 1. The normalized spacial score (nSPS) is 19.0. The molecular weight excluding hydrogens is 820 g/mol. The van der Waals surface area contributed by atoms with Crippen LogP contribution in [0, 0.1) is 6.92 Å². The zero-order chi connectivity index (χ0) is 43.3. The van der Waals surface area contributed by atoms with Crippen LogP contribution in [0.15, 0.2) is 65.7 Å². The number of amides is 4. The molecule has 4 aromatic rings. The van der Waals surface area contributed by atoms with Gasteiger partial charge in [0.15, 0.2) is 15.7 Å². The van der Waals surface area contributed by atoms with Gasteiger partial charge in [-0.05, 0) is 126 Å². The summed E-state index contributed by atoms with van der Waals surface area (Å²) in [6.07, 6.45) is 3.51. The Balaban J connectivity index is 0.909. The average Bonchev–Trinajstić information content (AvgIpc) is 3.44. The smallest absolute Gasteiger partial charge is 0.262 e. The molecule has 0 aliphatic carbocycles. The van der Waals surface area contributed by atoms with Crippen LogP contribution in [-0.2, 0) is 19.4 Å². The van der Waals surface area contributed by atoms with Crippen LogP contribution in [0.5, 0.6) is 5.75 Å². The molecule has 8 rings (SSSR count). The fraction of sp³-hybridized carbons (Fsp3) is 0.409. The fourth-order valence-corrected chi connectivity index (χ4v) is 9.90. The molecule has 5 heterocycles. The highest BCUT2D eigenvalue weighted by Crippen LogP contribution is 2.40. The zero-order valence-corrected chi connectivity index (χ0v) is 36.3. The van der Waals surface area contributed by atoms with Crippen LogP contribution >= 0.6 is 11.6 Å². The minimum absolute atomic E-state index is 0.0780. The lowest BCUT2D eigenvalue weighted by Crippen LogP contribution is -2.60. The monoisotopic (exact) mass is 868 g/mol. The van der Waals surface area contributed by atoms with E-state index in [9.17, 15) is 27.6 Å². The summed E-state index contributed by atoms with van der Waals surface area (Å²) < 4.78 is 32.5. The number of para-hydroxylation sites is 1. The van der Waals surface area contributed by atoms with E-state index < -0.39 is 44.8 Å². The molecule has 3 saturated heterocycles. The van der Waals surface area contributed by atoms with Gasteiger partial charge in [-0.2, -0.15) is 4.98 Å². The summed E-state index contributed by atoms with van der Waals surface area (Å²) in [7, 11) is -3.58. The highest BCUT2D eigenvalue weighted by atomic mass is 35.5. The zero-order valence-electron chi connectivity index (χ0n) is 34.7. The first kappa shape index (κ1) is 42.1. The number of halogens is 1. The summed E-state index contributed by atoms with van der Waals surface area (Å²) in [6, 6.07) is 15.5. The summed E-state index contributed by atoms with van der Waals surface area (Å²) >= 11 is 6.51. The van der Waals surface area contributed by atoms with Gasteiger partial charge in [-0.15, -0.1) is 0 Å². The van der Waals surface area contributed by atoms with Gasteiger partial charge in [0, 0.05) is 31.2 Å². The number of sulfone groups is 1. The average molecular weight is 869 g/mol. The van der Waals surface area contributed by atoms with Crippen LogP contribution in [-0.4, -0.2) is 101 Å². The topological polar surface area (TPSA) is 183 Å². The quantitative estimate of drug-likeness (QED) is 0.134. The van der Waals surface area contributed by atoms with Crippen molar-refractivity contribution in [2.75, 3.05) is 41.7 Å². The molecule has 0 radical (unpaired) electrons. The number of aromatic nitrogens is 2. The van der Waals surface area contributed by atoms with Crippen molar-refractivity contribution >= 4 is 73.9 Å². The first-order chi connectivity index (χ1) is 29.1. The number of benzene rings is 3. The van der Waals surface area contributed by atoms with E-state index in [1.54, 1.807) is 50.2 Å². The maximum absolute atomic E-state index is 13.4. The Labute approximate surface area is 360 Å². The summed E-state index contributed by atoms with van der Waals surface area (Å²) in [4.78, 5) is 65.6. The number of hydrogen-bond acceptors (Lipinski definition) is 13. The molecule has 17 heteroatoms. The largest absolute Gasteiger partial charge is 0.489 e. The van der Waals surface area contributed by atoms with Gasteiger partial charge in [-0.25, -0.2) is 13.4 Å². The predicted molar refractivity (Wildman–Crippen MR) is 232 cm³/mol. The molecule has 4 amide bonds. The molecule has 4 aliphatic heterocycles. The third kappa shape index (κ3) is 8.28. The second kappa shape index (κ2) is 16.7. The van der Waals surface area contributed by atoms with E-state index in [1.807, 2.05) is 19.9 Å². The standard InChI is InChI=1S/C44H49ClN8O7S/c1-24(2)60-37-20-31(26(5)18-35(37)48-44-46-21-33(45)40(50-44)47-34-8-6-7-9-38(34)61(58,59)25(3)4)27-14-16-51(17-15-27)29-22-52(23-29)28-10-11-30-32(19-28)43(57)53(42(30)56)36-12-13-39(54)49-41(36)55/h6-11,18-21,24-25,27,29,36H,12-17,22-23H2,1-5H3,(H,49,54,55)(H2,46,47,48,50). The Morgan fingerprint density at radius 2 is 1.61 bits per heavy atom. The van der Waals surface area contributed by atoms with Crippen molar-refractivity contribution in [2.45, 2.75) is 94.6 Å². The molecule has 1 atom stereocenters. The molecule has 0 spiro atoms. The predicted octanol–water partition coefficient (Wildman–Crippen LogP) is 6.36. The van der Waals surface area contributed by atoms with E-state index in [0.717, 1.165) is 55.2 Å². The highest BCUT2D eigenvalue weighted by molar-refractivity contribution is 7.92. The number of piperidine rings is 2. The van der Waals surface area contributed by atoms with E-state index >= 15 is 0 Å². The number of fused-ring (bicyclic) bond motifs is 1. The van der Waals surface area contributed by atoms with Gasteiger partial charge >= 0.3 is 0 Å². The molecule has 3 fully saturated rings. The summed E-state index contributed by atoms with van der Waals surface area (Å²) in [5.41, 5.74) is 4.81. The number of rotatable bonds is 12. The number of anilines is 5. The summed E-state index contributed by atoms with van der Waals surface area (Å²) in [6.45, 7) is 12.8. The number of nitrogens with one attached hydrogen (secondary N) is 3. The molecule has 3 aromatic carbocycles.